The summed E-state index contributed by atoms with van der Waals surface area (Å²) in [5, 5.41) is 5.57. The monoisotopic (exact) mass is 419 g/mol. The van der Waals surface area contributed by atoms with Gasteiger partial charge in [-0.3, -0.25) is 19.3 Å². The minimum Gasteiger partial charge on any atom is -0.379 e. The fourth-order valence-electron chi connectivity index (χ4n) is 3.33. The SMILES string of the molecule is Cc1cnn(C)c1C(=O)N(CCN1CCOCC1)c1nc2ccc(Cl)cc2s1. The van der Waals surface area contributed by atoms with E-state index in [4.69, 9.17) is 21.3 Å². The van der Waals surface area contributed by atoms with E-state index < -0.39 is 0 Å². The maximum atomic E-state index is 13.4. The van der Waals surface area contributed by atoms with Gasteiger partial charge in [-0.15, -0.1) is 0 Å². The van der Waals surface area contributed by atoms with E-state index in [1.54, 1.807) is 22.8 Å². The van der Waals surface area contributed by atoms with Crippen LogP contribution in [0.2, 0.25) is 5.02 Å². The highest BCUT2D eigenvalue weighted by Crippen LogP contribution is 2.31. The minimum atomic E-state index is -0.0871. The van der Waals surface area contributed by atoms with Gasteiger partial charge in [-0.05, 0) is 30.7 Å². The Morgan fingerprint density at radius 1 is 1.36 bits per heavy atom. The molecule has 0 radical (unpaired) electrons. The molecule has 0 atom stereocenters. The zero-order valence-electron chi connectivity index (χ0n) is 15.9. The van der Waals surface area contributed by atoms with Crippen molar-refractivity contribution >= 4 is 44.2 Å². The van der Waals surface area contributed by atoms with Crippen LogP contribution in [0.3, 0.4) is 0 Å². The molecule has 1 fully saturated rings. The first-order chi connectivity index (χ1) is 13.5. The van der Waals surface area contributed by atoms with Crippen molar-refractivity contribution in [1.29, 1.82) is 0 Å². The van der Waals surface area contributed by atoms with Crippen molar-refractivity contribution < 1.29 is 9.53 Å². The average molecular weight is 420 g/mol. The topological polar surface area (TPSA) is 63.5 Å². The quantitative estimate of drug-likeness (QED) is 0.636. The maximum Gasteiger partial charge on any atom is 0.278 e. The van der Waals surface area contributed by atoms with E-state index in [9.17, 15) is 4.79 Å². The average Bonchev–Trinajstić information content (AvgIpc) is 3.25. The van der Waals surface area contributed by atoms with Gasteiger partial charge in [-0.1, -0.05) is 22.9 Å². The zero-order valence-corrected chi connectivity index (χ0v) is 17.5. The number of nitrogens with zero attached hydrogens (tertiary/aromatic N) is 5. The van der Waals surface area contributed by atoms with Crippen molar-refractivity contribution in [1.82, 2.24) is 19.7 Å². The molecule has 0 saturated carbocycles. The largest absolute Gasteiger partial charge is 0.379 e. The molecule has 28 heavy (non-hydrogen) atoms. The number of aromatic nitrogens is 3. The van der Waals surface area contributed by atoms with Crippen molar-refractivity contribution in [3.05, 3.63) is 40.7 Å². The minimum absolute atomic E-state index is 0.0871. The van der Waals surface area contributed by atoms with Crippen LogP contribution in [0.25, 0.3) is 10.2 Å². The highest BCUT2D eigenvalue weighted by atomic mass is 35.5. The molecule has 7 nitrogen and oxygen atoms in total. The molecule has 0 unspecified atom stereocenters. The fourth-order valence-corrected chi connectivity index (χ4v) is 4.60. The van der Waals surface area contributed by atoms with Crippen LogP contribution in [0.4, 0.5) is 5.13 Å². The third-order valence-electron chi connectivity index (χ3n) is 4.88. The second-order valence-electron chi connectivity index (χ2n) is 6.82. The number of aryl methyl sites for hydroxylation is 2. The number of fused-ring (bicyclic) bond motifs is 1. The maximum absolute atomic E-state index is 13.4. The highest BCUT2D eigenvalue weighted by molar-refractivity contribution is 7.22. The van der Waals surface area contributed by atoms with Crippen molar-refractivity contribution in [3.63, 3.8) is 0 Å². The zero-order chi connectivity index (χ0) is 19.7. The lowest BCUT2D eigenvalue weighted by Gasteiger charge is -2.29. The molecule has 3 heterocycles. The van der Waals surface area contributed by atoms with E-state index in [2.05, 4.69) is 10.00 Å². The number of hydrogen-bond acceptors (Lipinski definition) is 6. The van der Waals surface area contributed by atoms with Crippen LogP contribution in [-0.2, 0) is 11.8 Å². The highest BCUT2D eigenvalue weighted by Gasteiger charge is 2.26. The molecule has 0 spiro atoms. The normalized spacial score (nSPS) is 15.2. The molecule has 3 aromatic rings. The van der Waals surface area contributed by atoms with Gasteiger partial charge < -0.3 is 4.74 Å². The van der Waals surface area contributed by atoms with Gasteiger partial charge in [0.25, 0.3) is 5.91 Å². The fraction of sp³-hybridized carbons (Fsp3) is 0.421. The first-order valence-corrected chi connectivity index (χ1v) is 10.4. The number of hydrogen-bond donors (Lipinski definition) is 0. The van der Waals surface area contributed by atoms with Crippen molar-refractivity contribution in [2.45, 2.75) is 6.92 Å². The molecule has 1 saturated heterocycles. The molecule has 1 aliphatic rings. The van der Waals surface area contributed by atoms with E-state index in [0.717, 1.165) is 48.6 Å². The van der Waals surface area contributed by atoms with Crippen LogP contribution in [0.15, 0.2) is 24.4 Å². The molecule has 148 valence electrons. The Bertz CT molecular complexity index is 976. The van der Waals surface area contributed by atoms with Gasteiger partial charge >= 0.3 is 0 Å². The summed E-state index contributed by atoms with van der Waals surface area (Å²) in [7, 11) is 1.79. The Hall–Kier alpha value is -2.00. The number of morpholine rings is 1. The summed E-state index contributed by atoms with van der Waals surface area (Å²) >= 11 is 7.60. The summed E-state index contributed by atoms with van der Waals surface area (Å²) in [6.07, 6.45) is 1.71. The van der Waals surface area contributed by atoms with Crippen LogP contribution in [0.1, 0.15) is 16.1 Å². The second kappa shape index (κ2) is 8.16. The van der Waals surface area contributed by atoms with Crippen LogP contribution in [-0.4, -0.2) is 65.0 Å². The number of thiazole rings is 1. The van der Waals surface area contributed by atoms with Crippen molar-refractivity contribution in [3.8, 4) is 0 Å². The van der Waals surface area contributed by atoms with Gasteiger partial charge in [-0.25, -0.2) is 4.98 Å². The standard InChI is InChI=1S/C19H22ClN5O2S/c1-13-12-21-23(2)17(13)18(26)25(6-5-24-7-9-27-10-8-24)19-22-15-4-3-14(20)11-16(15)28-19/h3-4,11-12H,5-10H2,1-2H3. The summed E-state index contributed by atoms with van der Waals surface area (Å²) < 4.78 is 8.02. The van der Waals surface area contributed by atoms with Gasteiger partial charge in [0.2, 0.25) is 0 Å². The van der Waals surface area contributed by atoms with Crippen LogP contribution < -0.4 is 4.90 Å². The molecule has 0 aliphatic carbocycles. The summed E-state index contributed by atoms with van der Waals surface area (Å²) in [6, 6.07) is 5.59. The molecular weight excluding hydrogens is 398 g/mol. The van der Waals surface area contributed by atoms with Gasteiger partial charge in [0.15, 0.2) is 5.13 Å². The molecule has 4 rings (SSSR count). The Morgan fingerprint density at radius 2 is 2.14 bits per heavy atom. The summed E-state index contributed by atoms with van der Waals surface area (Å²) in [4.78, 5) is 22.2. The van der Waals surface area contributed by atoms with Crippen LogP contribution in [0.5, 0.6) is 0 Å². The molecule has 0 bridgehead atoms. The molecule has 1 aliphatic heterocycles. The molecular formula is C19H22ClN5O2S. The first kappa shape index (κ1) is 19.3. The number of amides is 1. The summed E-state index contributed by atoms with van der Waals surface area (Å²) in [5.41, 5.74) is 2.28. The van der Waals surface area contributed by atoms with Crippen molar-refractivity contribution in [2.24, 2.45) is 7.05 Å². The molecule has 0 N–H and O–H groups in total. The molecule has 1 amide bonds. The summed E-state index contributed by atoms with van der Waals surface area (Å²) in [5.74, 6) is -0.0871. The van der Waals surface area contributed by atoms with E-state index in [-0.39, 0.29) is 5.91 Å². The number of benzene rings is 1. The number of ether oxygens (including phenoxy) is 1. The number of rotatable bonds is 5. The van der Waals surface area contributed by atoms with Gasteiger partial charge in [-0.2, -0.15) is 5.10 Å². The van der Waals surface area contributed by atoms with E-state index in [1.807, 2.05) is 25.1 Å². The Morgan fingerprint density at radius 3 is 2.86 bits per heavy atom. The van der Waals surface area contributed by atoms with E-state index in [1.165, 1.54) is 11.3 Å². The lowest BCUT2D eigenvalue weighted by molar-refractivity contribution is 0.0391. The number of carbonyl (C=O) groups excluding carboxylic acids is 1. The number of anilines is 1. The number of carbonyl (C=O) groups is 1. The smallest absolute Gasteiger partial charge is 0.278 e. The summed E-state index contributed by atoms with van der Waals surface area (Å²) in [6.45, 7) is 6.44. The molecule has 9 heteroatoms. The van der Waals surface area contributed by atoms with E-state index >= 15 is 0 Å². The number of halogens is 1. The van der Waals surface area contributed by atoms with Crippen molar-refractivity contribution in [2.75, 3.05) is 44.3 Å². The molecule has 2 aromatic heterocycles. The Labute approximate surface area is 172 Å². The second-order valence-corrected chi connectivity index (χ2v) is 8.26. The Kier molecular flexibility index (Phi) is 5.63. The van der Waals surface area contributed by atoms with E-state index in [0.29, 0.717) is 22.4 Å². The van der Waals surface area contributed by atoms with Crippen LogP contribution in [0, 0.1) is 6.92 Å². The lowest BCUT2D eigenvalue weighted by Crippen LogP contribution is -2.43. The van der Waals surface area contributed by atoms with Gasteiger partial charge in [0.05, 0.1) is 29.6 Å². The lowest BCUT2D eigenvalue weighted by atomic mass is 10.2. The predicted molar refractivity (Wildman–Crippen MR) is 112 cm³/mol. The predicted octanol–water partition coefficient (Wildman–Crippen LogP) is 2.97. The van der Waals surface area contributed by atoms with Crippen LogP contribution >= 0.6 is 22.9 Å². The first-order valence-electron chi connectivity index (χ1n) is 9.19. The van der Waals surface area contributed by atoms with Gasteiger partial charge in [0, 0.05) is 38.2 Å². The third-order valence-corrected chi connectivity index (χ3v) is 6.16. The third kappa shape index (κ3) is 3.91. The Balaban J connectivity index is 1.66. The van der Waals surface area contributed by atoms with Gasteiger partial charge in [0.1, 0.15) is 5.69 Å². The molecule has 1 aromatic carbocycles.